The molecule has 2 aromatic rings. The van der Waals surface area contributed by atoms with Gasteiger partial charge in [0.1, 0.15) is 22.6 Å². The number of hydrogen-bond donors (Lipinski definition) is 2. The Morgan fingerprint density at radius 1 is 1.37 bits per heavy atom. The molecule has 10 heteroatoms. The highest BCUT2D eigenvalue weighted by molar-refractivity contribution is 7.93. The zero-order chi connectivity index (χ0) is 19.4. The average molecular weight is 434 g/mol. The second-order valence-corrected chi connectivity index (χ2v) is 9.21. The second-order valence-electron chi connectivity index (χ2n) is 6.26. The first-order valence-electron chi connectivity index (χ1n) is 8.72. The molecule has 1 fully saturated rings. The van der Waals surface area contributed by atoms with Gasteiger partial charge in [0.05, 0.1) is 5.02 Å². The maximum Gasteiger partial charge on any atom is 0.266 e. The van der Waals surface area contributed by atoms with Crippen molar-refractivity contribution in [1.82, 2.24) is 10.3 Å². The van der Waals surface area contributed by atoms with Crippen LogP contribution in [0.2, 0.25) is 5.02 Å². The van der Waals surface area contributed by atoms with E-state index in [1.165, 1.54) is 6.20 Å². The summed E-state index contributed by atoms with van der Waals surface area (Å²) in [7, 11) is -4.14. The van der Waals surface area contributed by atoms with Crippen molar-refractivity contribution in [3.63, 3.8) is 0 Å². The molecule has 0 amide bonds. The Bertz CT molecular complexity index is 876. The molecule has 27 heavy (non-hydrogen) atoms. The van der Waals surface area contributed by atoms with E-state index in [1.54, 1.807) is 5.38 Å². The van der Waals surface area contributed by atoms with Crippen molar-refractivity contribution in [3.8, 4) is 5.75 Å². The zero-order valence-electron chi connectivity index (χ0n) is 14.7. The average Bonchev–Trinajstić information content (AvgIpc) is 3.12. The second kappa shape index (κ2) is 8.72. The first kappa shape index (κ1) is 20.3. The lowest BCUT2D eigenvalue weighted by Crippen LogP contribution is -2.45. The lowest BCUT2D eigenvalue weighted by Gasteiger charge is -2.32. The molecule has 1 heterocycles. The predicted octanol–water partition coefficient (Wildman–Crippen LogP) is 4.04. The molecule has 3 rings (SSSR count). The number of nitrogens with zero attached hydrogens (tertiary/aromatic N) is 1. The minimum atomic E-state index is -4.14. The Hall–Kier alpha value is -1.42. The minimum Gasteiger partial charge on any atom is -0.487 e. The van der Waals surface area contributed by atoms with Gasteiger partial charge in [-0.3, -0.25) is 4.72 Å². The van der Waals surface area contributed by atoms with Gasteiger partial charge in [-0.25, -0.2) is 17.8 Å². The molecule has 1 aliphatic rings. The Morgan fingerprint density at radius 2 is 2.15 bits per heavy atom. The number of benzene rings is 1. The van der Waals surface area contributed by atoms with Crippen LogP contribution in [0.15, 0.2) is 28.6 Å². The van der Waals surface area contributed by atoms with E-state index in [9.17, 15) is 12.8 Å². The number of ether oxygens (including phenoxy) is 1. The van der Waals surface area contributed by atoms with Crippen LogP contribution in [-0.4, -0.2) is 32.1 Å². The van der Waals surface area contributed by atoms with Crippen molar-refractivity contribution in [2.75, 3.05) is 11.3 Å². The van der Waals surface area contributed by atoms with Crippen molar-refractivity contribution >= 4 is 38.1 Å². The quantitative estimate of drug-likeness (QED) is 0.688. The minimum absolute atomic E-state index is 0.0525. The maximum atomic E-state index is 14.6. The third-order valence-electron chi connectivity index (χ3n) is 4.38. The van der Waals surface area contributed by atoms with Crippen LogP contribution in [0.25, 0.3) is 0 Å². The molecule has 1 aliphatic carbocycles. The van der Waals surface area contributed by atoms with Crippen LogP contribution in [0.1, 0.15) is 32.6 Å². The van der Waals surface area contributed by atoms with E-state index in [-0.39, 0.29) is 28.0 Å². The summed E-state index contributed by atoms with van der Waals surface area (Å²) in [5, 5.41) is 5.20. The number of thiazole rings is 1. The molecule has 2 N–H and O–H groups in total. The van der Waals surface area contributed by atoms with E-state index < -0.39 is 20.7 Å². The zero-order valence-corrected chi connectivity index (χ0v) is 17.1. The number of hydrogen-bond acceptors (Lipinski definition) is 6. The van der Waals surface area contributed by atoms with Crippen LogP contribution in [0.5, 0.6) is 5.75 Å². The van der Waals surface area contributed by atoms with Crippen molar-refractivity contribution in [3.05, 3.63) is 34.5 Å². The van der Waals surface area contributed by atoms with Crippen LogP contribution in [0.3, 0.4) is 0 Å². The summed E-state index contributed by atoms with van der Waals surface area (Å²) < 4.78 is 47.6. The lowest BCUT2D eigenvalue weighted by atomic mass is 9.92. The summed E-state index contributed by atoms with van der Waals surface area (Å²) in [5.74, 6) is -0.772. The van der Waals surface area contributed by atoms with Crippen LogP contribution in [-0.2, 0) is 10.0 Å². The highest BCUT2D eigenvalue weighted by Gasteiger charge is 2.28. The van der Waals surface area contributed by atoms with Crippen molar-refractivity contribution < 1.29 is 17.5 Å². The van der Waals surface area contributed by atoms with Gasteiger partial charge in [-0.1, -0.05) is 24.9 Å². The van der Waals surface area contributed by atoms with Crippen LogP contribution >= 0.6 is 22.9 Å². The standard InChI is InChI=1S/C17H21ClFN3O3S2/c1-2-20-13-5-3-4-6-14(13)25-15-10-12(19)16(9-11(15)18)27(23,24)22-17-21-7-8-26-17/h7-10,13-14,20H,2-6H2,1H3,(H,21,22)/t13-,14-/m0/s1. The van der Waals surface area contributed by atoms with Gasteiger partial charge >= 0.3 is 0 Å². The molecule has 0 radical (unpaired) electrons. The van der Waals surface area contributed by atoms with Gasteiger partial charge in [0.25, 0.3) is 10.0 Å². The number of sulfonamides is 1. The molecule has 1 saturated carbocycles. The summed E-state index contributed by atoms with van der Waals surface area (Å²) in [6.45, 7) is 2.83. The third-order valence-corrected chi connectivity index (χ3v) is 6.84. The van der Waals surface area contributed by atoms with Gasteiger partial charge in [0, 0.05) is 23.7 Å². The van der Waals surface area contributed by atoms with E-state index in [4.69, 9.17) is 16.3 Å². The molecule has 148 valence electrons. The summed E-state index contributed by atoms with van der Waals surface area (Å²) in [4.78, 5) is 3.30. The molecular weight excluding hydrogens is 413 g/mol. The highest BCUT2D eigenvalue weighted by Crippen LogP contribution is 2.33. The van der Waals surface area contributed by atoms with Gasteiger partial charge in [0.15, 0.2) is 5.13 Å². The number of aromatic nitrogens is 1. The van der Waals surface area contributed by atoms with Crippen molar-refractivity contribution in [1.29, 1.82) is 0 Å². The summed E-state index contributed by atoms with van der Waals surface area (Å²) in [6, 6.07) is 2.28. The number of anilines is 1. The van der Waals surface area contributed by atoms with E-state index in [2.05, 4.69) is 15.0 Å². The van der Waals surface area contributed by atoms with E-state index in [0.717, 1.165) is 55.7 Å². The van der Waals surface area contributed by atoms with Crippen molar-refractivity contribution in [2.45, 2.75) is 49.6 Å². The molecule has 6 nitrogen and oxygen atoms in total. The fourth-order valence-corrected chi connectivity index (χ4v) is 5.30. The fraction of sp³-hybridized carbons (Fsp3) is 0.471. The predicted molar refractivity (Wildman–Crippen MR) is 105 cm³/mol. The first-order chi connectivity index (χ1) is 12.9. The molecule has 0 bridgehead atoms. The molecule has 0 unspecified atom stereocenters. The summed E-state index contributed by atoms with van der Waals surface area (Å²) >= 11 is 7.31. The molecular formula is C17H21ClFN3O3S2. The van der Waals surface area contributed by atoms with Gasteiger partial charge in [-0.2, -0.15) is 0 Å². The van der Waals surface area contributed by atoms with Crippen LogP contribution in [0, 0.1) is 5.82 Å². The Kier molecular flexibility index (Phi) is 6.56. The monoisotopic (exact) mass is 433 g/mol. The van der Waals surface area contributed by atoms with Gasteiger partial charge in [0.2, 0.25) is 0 Å². The van der Waals surface area contributed by atoms with Crippen molar-refractivity contribution in [2.24, 2.45) is 0 Å². The molecule has 1 aromatic heterocycles. The van der Waals surface area contributed by atoms with E-state index >= 15 is 0 Å². The van der Waals surface area contributed by atoms with Crippen LogP contribution in [0.4, 0.5) is 9.52 Å². The van der Waals surface area contributed by atoms with E-state index in [0.29, 0.717) is 0 Å². The van der Waals surface area contributed by atoms with Gasteiger partial charge in [-0.15, -0.1) is 11.3 Å². The maximum absolute atomic E-state index is 14.6. The topological polar surface area (TPSA) is 80.3 Å². The molecule has 0 spiro atoms. The Labute approximate surface area is 167 Å². The molecule has 0 saturated heterocycles. The third kappa shape index (κ3) is 4.90. The molecule has 0 aliphatic heterocycles. The lowest BCUT2D eigenvalue weighted by molar-refractivity contribution is 0.114. The van der Waals surface area contributed by atoms with Gasteiger partial charge in [-0.05, 0) is 31.9 Å². The fourth-order valence-electron chi connectivity index (χ4n) is 3.15. The van der Waals surface area contributed by atoms with Crippen LogP contribution < -0.4 is 14.8 Å². The van der Waals surface area contributed by atoms with Gasteiger partial charge < -0.3 is 10.1 Å². The molecule has 1 aromatic carbocycles. The SMILES string of the molecule is CCN[C@H]1CCCC[C@@H]1Oc1cc(F)c(S(=O)(=O)Nc2nccs2)cc1Cl. The highest BCUT2D eigenvalue weighted by atomic mass is 35.5. The Balaban J connectivity index is 1.82. The smallest absolute Gasteiger partial charge is 0.266 e. The molecule has 2 atom stereocenters. The largest absolute Gasteiger partial charge is 0.487 e. The number of halogens is 2. The number of likely N-dealkylation sites (N-methyl/N-ethyl adjacent to an activating group) is 1. The first-order valence-corrected chi connectivity index (χ1v) is 11.5. The number of nitrogens with one attached hydrogen (secondary N) is 2. The number of rotatable bonds is 7. The van der Waals surface area contributed by atoms with E-state index in [1.807, 2.05) is 6.92 Å². The summed E-state index contributed by atoms with van der Waals surface area (Å²) in [6.07, 6.45) is 5.26. The normalized spacial score (nSPS) is 20.4. The summed E-state index contributed by atoms with van der Waals surface area (Å²) in [5.41, 5.74) is 0. The Morgan fingerprint density at radius 3 is 2.85 bits per heavy atom.